The quantitative estimate of drug-likeness (QED) is 0.902. The van der Waals surface area contributed by atoms with E-state index in [1.54, 1.807) is 11.3 Å². The van der Waals surface area contributed by atoms with Crippen LogP contribution in [-0.2, 0) is 6.42 Å². The summed E-state index contributed by atoms with van der Waals surface area (Å²) in [6, 6.07) is 0.147. The molecule has 1 aliphatic rings. The summed E-state index contributed by atoms with van der Waals surface area (Å²) in [6.07, 6.45) is 5.87. The average Bonchev–Trinajstić information content (AvgIpc) is 2.89. The van der Waals surface area contributed by atoms with Crippen LogP contribution in [0.3, 0.4) is 0 Å². The summed E-state index contributed by atoms with van der Waals surface area (Å²) < 4.78 is 1.93. The second-order valence-corrected chi connectivity index (χ2v) is 5.95. The van der Waals surface area contributed by atoms with E-state index in [2.05, 4.69) is 15.3 Å². The van der Waals surface area contributed by atoms with Crippen molar-refractivity contribution < 1.29 is 0 Å². The SMILES string of the molecule is CC(N)Cc1nn2c(C3CCCC3)nnc2s1. The maximum atomic E-state index is 5.80. The molecule has 2 heterocycles. The van der Waals surface area contributed by atoms with Crippen LogP contribution in [0.1, 0.15) is 49.4 Å². The minimum Gasteiger partial charge on any atom is -0.328 e. The van der Waals surface area contributed by atoms with Gasteiger partial charge in [-0.25, -0.2) is 0 Å². The van der Waals surface area contributed by atoms with E-state index in [-0.39, 0.29) is 6.04 Å². The maximum absolute atomic E-state index is 5.80. The molecule has 1 fully saturated rings. The van der Waals surface area contributed by atoms with Crippen molar-refractivity contribution in [2.24, 2.45) is 5.73 Å². The molecule has 0 amide bonds. The topological polar surface area (TPSA) is 69.1 Å². The van der Waals surface area contributed by atoms with Crippen LogP contribution in [0.25, 0.3) is 4.96 Å². The van der Waals surface area contributed by atoms with E-state index in [4.69, 9.17) is 5.73 Å². The van der Waals surface area contributed by atoms with Crippen LogP contribution in [0.4, 0.5) is 0 Å². The molecule has 1 unspecified atom stereocenters. The highest BCUT2D eigenvalue weighted by atomic mass is 32.1. The molecule has 5 nitrogen and oxygen atoms in total. The van der Waals surface area contributed by atoms with Crippen molar-refractivity contribution in [3.63, 3.8) is 0 Å². The van der Waals surface area contributed by atoms with E-state index >= 15 is 0 Å². The Morgan fingerprint density at radius 1 is 1.41 bits per heavy atom. The van der Waals surface area contributed by atoms with E-state index in [0.29, 0.717) is 5.92 Å². The van der Waals surface area contributed by atoms with E-state index in [0.717, 1.165) is 22.2 Å². The summed E-state index contributed by atoms with van der Waals surface area (Å²) in [5, 5.41) is 14.2. The molecular formula is C11H17N5S. The number of fused-ring (bicyclic) bond motifs is 1. The van der Waals surface area contributed by atoms with Crippen molar-refractivity contribution in [1.82, 2.24) is 19.8 Å². The molecule has 0 aliphatic heterocycles. The molecule has 0 spiro atoms. The first kappa shape index (κ1) is 11.1. The fourth-order valence-corrected chi connectivity index (χ4v) is 3.45. The third-order valence-electron chi connectivity index (χ3n) is 3.27. The molecule has 1 aliphatic carbocycles. The summed E-state index contributed by atoms with van der Waals surface area (Å²) in [5.41, 5.74) is 5.80. The Bertz CT molecular complexity index is 509. The van der Waals surface area contributed by atoms with Crippen molar-refractivity contribution in [2.75, 3.05) is 0 Å². The molecule has 17 heavy (non-hydrogen) atoms. The average molecular weight is 251 g/mol. The molecule has 2 aromatic rings. The van der Waals surface area contributed by atoms with Crippen LogP contribution in [0, 0.1) is 0 Å². The lowest BCUT2D eigenvalue weighted by Crippen LogP contribution is -2.17. The van der Waals surface area contributed by atoms with Gasteiger partial charge in [0.05, 0.1) is 0 Å². The van der Waals surface area contributed by atoms with Crippen LogP contribution in [-0.4, -0.2) is 25.9 Å². The van der Waals surface area contributed by atoms with Gasteiger partial charge in [0, 0.05) is 18.4 Å². The number of nitrogens with zero attached hydrogens (tertiary/aromatic N) is 4. The summed E-state index contributed by atoms with van der Waals surface area (Å²) in [7, 11) is 0. The Labute approximate surface area is 104 Å². The predicted molar refractivity (Wildman–Crippen MR) is 67.2 cm³/mol. The second kappa shape index (κ2) is 4.34. The Kier molecular flexibility index (Phi) is 2.84. The van der Waals surface area contributed by atoms with E-state index in [1.165, 1.54) is 25.7 Å². The lowest BCUT2D eigenvalue weighted by atomic mass is 10.1. The lowest BCUT2D eigenvalue weighted by Gasteiger charge is -2.03. The molecule has 1 atom stereocenters. The van der Waals surface area contributed by atoms with Crippen LogP contribution in [0.2, 0.25) is 0 Å². The zero-order chi connectivity index (χ0) is 11.8. The van der Waals surface area contributed by atoms with Gasteiger partial charge in [-0.3, -0.25) is 0 Å². The molecule has 1 saturated carbocycles. The number of hydrogen-bond acceptors (Lipinski definition) is 5. The fraction of sp³-hybridized carbons (Fsp3) is 0.727. The summed E-state index contributed by atoms with van der Waals surface area (Å²) in [4.78, 5) is 0.905. The van der Waals surface area contributed by atoms with Gasteiger partial charge in [-0.1, -0.05) is 24.2 Å². The molecule has 0 bridgehead atoms. The van der Waals surface area contributed by atoms with Crippen molar-refractivity contribution in [2.45, 2.75) is 51.0 Å². The first-order valence-electron chi connectivity index (χ1n) is 6.20. The molecule has 0 aromatic carbocycles. The molecule has 3 rings (SSSR count). The minimum atomic E-state index is 0.147. The number of nitrogens with two attached hydrogens (primary N) is 1. The summed E-state index contributed by atoms with van der Waals surface area (Å²) >= 11 is 1.60. The van der Waals surface area contributed by atoms with Gasteiger partial charge in [0.2, 0.25) is 4.96 Å². The van der Waals surface area contributed by atoms with Gasteiger partial charge in [-0.05, 0) is 19.8 Å². The third-order valence-corrected chi connectivity index (χ3v) is 4.19. The van der Waals surface area contributed by atoms with Gasteiger partial charge in [0.1, 0.15) is 5.01 Å². The molecule has 2 N–H and O–H groups in total. The number of rotatable bonds is 3. The Morgan fingerprint density at radius 3 is 2.88 bits per heavy atom. The Balaban J connectivity index is 1.93. The second-order valence-electron chi connectivity index (χ2n) is 4.91. The van der Waals surface area contributed by atoms with Crippen LogP contribution >= 0.6 is 11.3 Å². The minimum absolute atomic E-state index is 0.147. The van der Waals surface area contributed by atoms with Crippen LogP contribution < -0.4 is 5.73 Å². The smallest absolute Gasteiger partial charge is 0.234 e. The van der Waals surface area contributed by atoms with Crippen molar-refractivity contribution in [1.29, 1.82) is 0 Å². The predicted octanol–water partition coefficient (Wildman–Crippen LogP) is 1.73. The van der Waals surface area contributed by atoms with E-state index < -0.39 is 0 Å². The number of aromatic nitrogens is 4. The van der Waals surface area contributed by atoms with Crippen LogP contribution in [0.5, 0.6) is 0 Å². The van der Waals surface area contributed by atoms with E-state index in [1.807, 2.05) is 11.4 Å². The number of hydrogen-bond donors (Lipinski definition) is 1. The third kappa shape index (κ3) is 2.07. The zero-order valence-electron chi connectivity index (χ0n) is 9.96. The van der Waals surface area contributed by atoms with Gasteiger partial charge >= 0.3 is 0 Å². The molecule has 0 radical (unpaired) electrons. The van der Waals surface area contributed by atoms with Gasteiger partial charge in [-0.15, -0.1) is 10.2 Å². The molecule has 92 valence electrons. The summed E-state index contributed by atoms with van der Waals surface area (Å²) in [5.74, 6) is 1.60. The molecule has 2 aromatic heterocycles. The lowest BCUT2D eigenvalue weighted by molar-refractivity contribution is 0.633. The van der Waals surface area contributed by atoms with Gasteiger partial charge < -0.3 is 5.73 Å². The highest BCUT2D eigenvalue weighted by Gasteiger charge is 2.24. The van der Waals surface area contributed by atoms with Crippen molar-refractivity contribution in [3.8, 4) is 0 Å². The van der Waals surface area contributed by atoms with Gasteiger partial charge in [0.25, 0.3) is 0 Å². The molecule has 0 saturated heterocycles. The summed E-state index contributed by atoms with van der Waals surface area (Å²) in [6.45, 7) is 2.00. The maximum Gasteiger partial charge on any atom is 0.234 e. The normalized spacial score (nSPS) is 19.2. The Morgan fingerprint density at radius 2 is 2.18 bits per heavy atom. The van der Waals surface area contributed by atoms with E-state index in [9.17, 15) is 0 Å². The van der Waals surface area contributed by atoms with Crippen molar-refractivity contribution in [3.05, 3.63) is 10.8 Å². The fourth-order valence-electron chi connectivity index (χ4n) is 2.47. The first-order chi connectivity index (χ1) is 8.24. The molecular weight excluding hydrogens is 234 g/mol. The monoisotopic (exact) mass is 251 g/mol. The zero-order valence-corrected chi connectivity index (χ0v) is 10.8. The first-order valence-corrected chi connectivity index (χ1v) is 7.02. The van der Waals surface area contributed by atoms with Crippen LogP contribution in [0.15, 0.2) is 0 Å². The highest BCUT2D eigenvalue weighted by Crippen LogP contribution is 2.33. The van der Waals surface area contributed by atoms with Gasteiger partial charge in [-0.2, -0.15) is 9.61 Å². The standard InChI is InChI=1S/C11H17N5S/c1-7(12)6-9-15-16-10(8-4-2-3-5-8)13-14-11(16)17-9/h7-8H,2-6,12H2,1H3. The van der Waals surface area contributed by atoms with Crippen molar-refractivity contribution >= 4 is 16.3 Å². The largest absolute Gasteiger partial charge is 0.328 e. The Hall–Kier alpha value is -1.01. The van der Waals surface area contributed by atoms with Gasteiger partial charge in [0.15, 0.2) is 5.82 Å². The molecule has 6 heteroatoms. The highest BCUT2D eigenvalue weighted by molar-refractivity contribution is 7.16.